The molecule has 0 unspecified atom stereocenters. The van der Waals surface area contributed by atoms with Crippen LogP contribution in [0.5, 0.6) is 0 Å². The maximum absolute atomic E-state index is 13.1. The molecule has 0 radical (unpaired) electrons. The van der Waals surface area contributed by atoms with E-state index in [1.165, 1.54) is 12.1 Å². The number of imidazole rings is 1. The highest BCUT2D eigenvalue weighted by atomic mass is 35.5. The third-order valence-corrected chi connectivity index (χ3v) is 2.98. The number of pyridine rings is 1. The average molecular weight is 289 g/mol. The highest BCUT2D eigenvalue weighted by Crippen LogP contribution is 2.19. The lowest BCUT2D eigenvalue weighted by atomic mass is 10.3. The van der Waals surface area contributed by atoms with Crippen molar-refractivity contribution in [2.75, 3.05) is 5.32 Å². The molecule has 0 saturated heterocycles. The number of nitrogens with one attached hydrogen (secondary N) is 2. The molecule has 0 bridgehead atoms. The molecule has 0 amide bonds. The number of H-pyrrole nitrogens is 1. The highest BCUT2D eigenvalue weighted by molar-refractivity contribution is 6.29. The van der Waals surface area contributed by atoms with Gasteiger partial charge in [-0.25, -0.2) is 14.4 Å². The smallest absolute Gasteiger partial charge is 0.154 e. The van der Waals surface area contributed by atoms with Gasteiger partial charge in [0.1, 0.15) is 11.0 Å². The summed E-state index contributed by atoms with van der Waals surface area (Å²) in [6.07, 6.45) is 1.59. The summed E-state index contributed by atoms with van der Waals surface area (Å²) in [5.74, 6) is 0.219. The fraction of sp³-hybridized carbons (Fsp3) is 0. The molecular weight excluding hydrogens is 279 g/mol. The third-order valence-electron chi connectivity index (χ3n) is 2.75. The average Bonchev–Trinajstić information content (AvgIpc) is 2.84. The molecule has 0 aliphatic heterocycles. The van der Waals surface area contributed by atoms with Crippen molar-refractivity contribution in [3.63, 3.8) is 0 Å². The van der Waals surface area contributed by atoms with Crippen LogP contribution in [0.15, 0.2) is 43.1 Å². The zero-order valence-electron chi connectivity index (χ0n) is 10.3. The van der Waals surface area contributed by atoms with Gasteiger partial charge in [-0.2, -0.15) is 0 Å². The Morgan fingerprint density at radius 1 is 1.30 bits per heavy atom. The first kappa shape index (κ1) is 12.6. The Balaban J connectivity index is 1.86. The lowest BCUT2D eigenvalue weighted by molar-refractivity contribution is 0.629. The van der Waals surface area contributed by atoms with Gasteiger partial charge >= 0.3 is 0 Å². The van der Waals surface area contributed by atoms with Crippen LogP contribution in [0.3, 0.4) is 0 Å². The van der Waals surface area contributed by atoms with Crippen LogP contribution in [0.4, 0.5) is 10.1 Å². The van der Waals surface area contributed by atoms with Crippen molar-refractivity contribution in [1.29, 1.82) is 0 Å². The summed E-state index contributed by atoms with van der Waals surface area (Å²) in [5.41, 5.74) is 2.60. The van der Waals surface area contributed by atoms with E-state index in [-0.39, 0.29) is 5.82 Å². The molecule has 0 saturated carbocycles. The Morgan fingerprint density at radius 3 is 2.90 bits per heavy atom. The monoisotopic (exact) mass is 288 g/mol. The number of rotatable bonds is 3. The highest BCUT2D eigenvalue weighted by Gasteiger charge is 2.07. The molecule has 0 fully saturated rings. The minimum absolute atomic E-state index is 0.323. The van der Waals surface area contributed by atoms with E-state index in [0.717, 1.165) is 11.2 Å². The summed E-state index contributed by atoms with van der Waals surface area (Å²) in [6.45, 7) is 3.90. The van der Waals surface area contributed by atoms with Crippen LogP contribution < -0.4 is 5.32 Å². The lowest BCUT2D eigenvalue weighted by Gasteiger charge is -2.06. The predicted molar refractivity (Wildman–Crippen MR) is 78.0 cm³/mol. The number of hydrogen-bond donors (Lipinski definition) is 2. The summed E-state index contributed by atoms with van der Waals surface area (Å²) in [6, 6.07) is 7.84. The van der Waals surface area contributed by atoms with E-state index in [2.05, 4.69) is 26.8 Å². The Morgan fingerprint density at radius 2 is 2.15 bits per heavy atom. The molecule has 0 spiro atoms. The number of hydrogen-bond acceptors (Lipinski definition) is 3. The molecule has 0 atom stereocenters. The van der Waals surface area contributed by atoms with Crippen molar-refractivity contribution >= 4 is 34.0 Å². The molecular formula is C14H10ClFN4. The molecule has 0 aliphatic carbocycles. The van der Waals surface area contributed by atoms with Crippen molar-refractivity contribution in [3.05, 3.63) is 59.9 Å². The number of halogens is 2. The SMILES string of the molecule is C=C(Nc1ccc(Cl)nc1)c1nc2cc(F)ccc2[nH]1. The number of anilines is 1. The Bertz CT molecular complexity index is 779. The Hall–Kier alpha value is -2.40. The van der Waals surface area contributed by atoms with Gasteiger partial charge in [0.15, 0.2) is 5.82 Å². The van der Waals surface area contributed by atoms with Gasteiger partial charge in [-0.15, -0.1) is 0 Å². The van der Waals surface area contributed by atoms with E-state index in [1.54, 1.807) is 24.4 Å². The van der Waals surface area contributed by atoms with Crippen LogP contribution in [-0.2, 0) is 0 Å². The van der Waals surface area contributed by atoms with Crippen LogP contribution in [-0.4, -0.2) is 15.0 Å². The molecule has 2 N–H and O–H groups in total. The quantitative estimate of drug-likeness (QED) is 0.720. The zero-order chi connectivity index (χ0) is 14.1. The first-order chi connectivity index (χ1) is 9.61. The minimum atomic E-state index is -0.323. The van der Waals surface area contributed by atoms with Crippen molar-refractivity contribution in [1.82, 2.24) is 15.0 Å². The van der Waals surface area contributed by atoms with Gasteiger partial charge in [0.2, 0.25) is 0 Å². The lowest BCUT2D eigenvalue weighted by Crippen LogP contribution is -1.99. The van der Waals surface area contributed by atoms with Crippen molar-refractivity contribution in [2.45, 2.75) is 0 Å². The van der Waals surface area contributed by atoms with Gasteiger partial charge in [-0.05, 0) is 24.3 Å². The zero-order valence-corrected chi connectivity index (χ0v) is 11.1. The van der Waals surface area contributed by atoms with Crippen LogP contribution in [0.2, 0.25) is 5.15 Å². The van der Waals surface area contributed by atoms with Gasteiger partial charge in [-0.3, -0.25) is 0 Å². The molecule has 3 rings (SSSR count). The second-order valence-electron chi connectivity index (χ2n) is 4.22. The number of nitrogens with zero attached hydrogens (tertiary/aromatic N) is 2. The molecule has 2 heterocycles. The topological polar surface area (TPSA) is 53.6 Å². The second kappa shape index (κ2) is 4.94. The minimum Gasteiger partial charge on any atom is -0.352 e. The van der Waals surface area contributed by atoms with E-state index in [4.69, 9.17) is 11.6 Å². The van der Waals surface area contributed by atoms with Crippen LogP contribution >= 0.6 is 11.6 Å². The Kier molecular flexibility index (Phi) is 3.12. The first-order valence-corrected chi connectivity index (χ1v) is 6.23. The van der Waals surface area contributed by atoms with E-state index >= 15 is 0 Å². The van der Waals surface area contributed by atoms with E-state index in [1.807, 2.05) is 0 Å². The standard InChI is InChI=1S/C14H10ClFN4/c1-8(18-10-3-5-13(15)17-7-10)14-19-11-4-2-9(16)6-12(11)20-14/h2-7,18H,1H2,(H,19,20). The number of benzene rings is 1. The fourth-order valence-electron chi connectivity index (χ4n) is 1.81. The summed E-state index contributed by atoms with van der Waals surface area (Å²) < 4.78 is 13.1. The van der Waals surface area contributed by atoms with E-state index < -0.39 is 0 Å². The molecule has 3 aromatic rings. The fourth-order valence-corrected chi connectivity index (χ4v) is 1.92. The molecule has 20 heavy (non-hydrogen) atoms. The summed E-state index contributed by atoms with van der Waals surface area (Å²) in [5, 5.41) is 3.47. The molecule has 1 aromatic carbocycles. The molecule has 2 aromatic heterocycles. The van der Waals surface area contributed by atoms with Crippen LogP contribution in [0.25, 0.3) is 16.7 Å². The first-order valence-electron chi connectivity index (χ1n) is 5.85. The predicted octanol–water partition coefficient (Wildman–Crippen LogP) is 3.83. The van der Waals surface area contributed by atoms with Gasteiger partial charge in [0.25, 0.3) is 0 Å². The van der Waals surface area contributed by atoms with Crippen LogP contribution in [0.1, 0.15) is 5.82 Å². The summed E-state index contributed by atoms with van der Waals surface area (Å²) in [4.78, 5) is 11.3. The molecule has 4 nitrogen and oxygen atoms in total. The molecule has 100 valence electrons. The Labute approximate surface area is 119 Å². The largest absolute Gasteiger partial charge is 0.352 e. The van der Waals surface area contributed by atoms with Gasteiger partial charge < -0.3 is 10.3 Å². The summed E-state index contributed by atoms with van der Waals surface area (Å²) >= 11 is 5.72. The van der Waals surface area contributed by atoms with Gasteiger partial charge in [0, 0.05) is 6.07 Å². The maximum Gasteiger partial charge on any atom is 0.154 e. The number of fused-ring (bicyclic) bond motifs is 1. The van der Waals surface area contributed by atoms with E-state index in [0.29, 0.717) is 22.2 Å². The van der Waals surface area contributed by atoms with E-state index in [9.17, 15) is 4.39 Å². The van der Waals surface area contributed by atoms with Crippen molar-refractivity contribution in [2.24, 2.45) is 0 Å². The number of aromatic nitrogens is 3. The van der Waals surface area contributed by atoms with Gasteiger partial charge in [-0.1, -0.05) is 18.2 Å². The number of aromatic amines is 1. The maximum atomic E-state index is 13.1. The van der Waals surface area contributed by atoms with Crippen molar-refractivity contribution in [3.8, 4) is 0 Å². The third kappa shape index (κ3) is 2.48. The van der Waals surface area contributed by atoms with Crippen LogP contribution in [0, 0.1) is 5.82 Å². The molecule has 6 heteroatoms. The second-order valence-corrected chi connectivity index (χ2v) is 4.61. The van der Waals surface area contributed by atoms with Crippen molar-refractivity contribution < 1.29 is 4.39 Å². The molecule has 0 aliphatic rings. The van der Waals surface area contributed by atoms with Gasteiger partial charge in [0.05, 0.1) is 28.6 Å². The normalized spacial score (nSPS) is 10.7. The summed E-state index contributed by atoms with van der Waals surface area (Å²) in [7, 11) is 0.